The normalized spacial score (nSPS) is 12.2. The summed E-state index contributed by atoms with van der Waals surface area (Å²) in [5.74, 6) is 5.47. The van der Waals surface area contributed by atoms with Gasteiger partial charge in [-0.1, -0.05) is 11.8 Å². The van der Waals surface area contributed by atoms with E-state index in [1.807, 2.05) is 0 Å². The van der Waals surface area contributed by atoms with Crippen molar-refractivity contribution in [1.82, 2.24) is 0 Å². The van der Waals surface area contributed by atoms with E-state index in [-0.39, 0.29) is 13.2 Å². The fourth-order valence-corrected chi connectivity index (χ4v) is 0.640. The zero-order valence-corrected chi connectivity index (χ0v) is 8.72. The van der Waals surface area contributed by atoms with Crippen molar-refractivity contribution in [1.29, 1.82) is 0 Å². The van der Waals surface area contributed by atoms with Crippen molar-refractivity contribution in [2.75, 3.05) is 13.2 Å². The van der Waals surface area contributed by atoms with Gasteiger partial charge in [0.15, 0.2) is 0 Å². The molecule has 0 heterocycles. The Hall–Kier alpha value is -0.560. The number of aliphatic hydroxyl groups excluding tert-OH is 1. The summed E-state index contributed by atoms with van der Waals surface area (Å²) < 4.78 is 5.24. The van der Waals surface area contributed by atoms with Crippen LogP contribution in [-0.2, 0) is 4.74 Å². The largest absolute Gasteiger partial charge is 0.394 e. The van der Waals surface area contributed by atoms with Crippen LogP contribution in [0.1, 0.15) is 27.7 Å². The Balaban J connectivity index is 4.20. The highest BCUT2D eigenvalue weighted by atomic mass is 16.5. The molecule has 13 heavy (non-hydrogen) atoms. The van der Waals surface area contributed by atoms with Gasteiger partial charge in [-0.25, -0.2) is 0 Å². The van der Waals surface area contributed by atoms with Crippen LogP contribution < -0.4 is 0 Å². The van der Waals surface area contributed by atoms with Crippen LogP contribution in [0.2, 0.25) is 0 Å². The Kier molecular flexibility index (Phi) is 4.41. The summed E-state index contributed by atoms with van der Waals surface area (Å²) in [5, 5.41) is 17.9. The van der Waals surface area contributed by atoms with Crippen LogP contribution >= 0.6 is 0 Å². The molecular weight excluding hydrogens is 168 g/mol. The Labute approximate surface area is 79.7 Å². The van der Waals surface area contributed by atoms with Gasteiger partial charge in [0.25, 0.3) is 0 Å². The lowest BCUT2D eigenvalue weighted by Gasteiger charge is -2.19. The third-order valence-electron chi connectivity index (χ3n) is 1.22. The number of aliphatic hydroxyl groups is 2. The molecule has 3 nitrogen and oxygen atoms in total. The highest BCUT2D eigenvalue weighted by molar-refractivity contribution is 5.17. The average Bonchev–Trinajstić information content (AvgIpc) is 1.97. The summed E-state index contributed by atoms with van der Waals surface area (Å²) in [6.07, 6.45) is 0. The molecule has 0 radical (unpaired) electrons. The van der Waals surface area contributed by atoms with Crippen LogP contribution in [-0.4, -0.2) is 34.6 Å². The molecule has 0 saturated carbocycles. The van der Waals surface area contributed by atoms with Gasteiger partial charge < -0.3 is 14.9 Å². The molecule has 0 atom stereocenters. The molecule has 2 N–H and O–H groups in total. The minimum absolute atomic E-state index is 0.0202. The second-order valence-electron chi connectivity index (χ2n) is 3.89. The molecular formula is C10H18O3. The zero-order chi connectivity index (χ0) is 10.5. The summed E-state index contributed by atoms with van der Waals surface area (Å²) in [7, 11) is 0. The molecule has 76 valence electrons. The third-order valence-corrected chi connectivity index (χ3v) is 1.22. The minimum atomic E-state index is -1.00. The van der Waals surface area contributed by atoms with Gasteiger partial charge in [-0.05, 0) is 27.7 Å². The van der Waals surface area contributed by atoms with Crippen molar-refractivity contribution >= 4 is 0 Å². The predicted octanol–water partition coefficient (Wildman–Crippen LogP) is 0.548. The smallest absolute Gasteiger partial charge is 0.123 e. The van der Waals surface area contributed by atoms with Crippen molar-refractivity contribution in [3.05, 3.63) is 0 Å². The monoisotopic (exact) mass is 186 g/mol. The van der Waals surface area contributed by atoms with Gasteiger partial charge in [-0.3, -0.25) is 0 Å². The summed E-state index contributed by atoms with van der Waals surface area (Å²) >= 11 is 0. The molecule has 0 fully saturated rings. The van der Waals surface area contributed by atoms with Gasteiger partial charge in [0.2, 0.25) is 0 Å². The molecule has 0 aliphatic carbocycles. The molecule has 0 aliphatic heterocycles. The first-order valence-corrected chi connectivity index (χ1v) is 4.28. The first-order valence-electron chi connectivity index (χ1n) is 4.28. The van der Waals surface area contributed by atoms with Gasteiger partial charge in [0.1, 0.15) is 11.2 Å². The fourth-order valence-electron chi connectivity index (χ4n) is 0.640. The molecule has 0 aromatic carbocycles. The third kappa shape index (κ3) is 7.79. The van der Waals surface area contributed by atoms with Gasteiger partial charge in [0.05, 0.1) is 13.2 Å². The molecule has 0 aromatic heterocycles. The van der Waals surface area contributed by atoms with Crippen molar-refractivity contribution < 1.29 is 14.9 Å². The fraction of sp³-hybridized carbons (Fsp3) is 0.800. The molecule has 0 amide bonds. The van der Waals surface area contributed by atoms with Crippen molar-refractivity contribution in [2.24, 2.45) is 0 Å². The predicted molar refractivity (Wildman–Crippen MR) is 51.2 cm³/mol. The first-order chi connectivity index (χ1) is 5.77. The molecule has 0 aliphatic rings. The molecule has 0 rings (SSSR count). The molecule has 3 heteroatoms. The van der Waals surface area contributed by atoms with Crippen LogP contribution in [0.3, 0.4) is 0 Å². The molecule has 0 aromatic rings. The highest BCUT2D eigenvalue weighted by Crippen LogP contribution is 2.08. The summed E-state index contributed by atoms with van der Waals surface area (Å²) in [4.78, 5) is 0. The van der Waals surface area contributed by atoms with Crippen LogP contribution in [0.4, 0.5) is 0 Å². The maximum atomic E-state index is 9.33. The second-order valence-corrected chi connectivity index (χ2v) is 3.89. The maximum Gasteiger partial charge on any atom is 0.123 e. The summed E-state index contributed by atoms with van der Waals surface area (Å²) in [5.41, 5.74) is -1.62. The van der Waals surface area contributed by atoms with Crippen molar-refractivity contribution in [2.45, 2.75) is 38.9 Å². The van der Waals surface area contributed by atoms with Crippen LogP contribution in [0.5, 0.6) is 0 Å². The van der Waals surface area contributed by atoms with Gasteiger partial charge in [-0.2, -0.15) is 0 Å². The Bertz CT molecular complexity index is 202. The molecule has 0 bridgehead atoms. The molecule has 0 unspecified atom stereocenters. The van der Waals surface area contributed by atoms with E-state index in [1.165, 1.54) is 0 Å². The highest BCUT2D eigenvalue weighted by Gasteiger charge is 2.15. The lowest BCUT2D eigenvalue weighted by atomic mass is 10.1. The van der Waals surface area contributed by atoms with E-state index in [4.69, 9.17) is 9.84 Å². The SMILES string of the molecule is CC(C)(O)C#CC(C)(C)OCCO. The number of hydrogen-bond acceptors (Lipinski definition) is 3. The standard InChI is InChI=1S/C10H18O3/c1-9(2,12)5-6-10(3,4)13-8-7-11/h11-12H,7-8H2,1-4H3. The van der Waals surface area contributed by atoms with Gasteiger partial charge in [-0.15, -0.1) is 0 Å². The van der Waals surface area contributed by atoms with E-state index in [1.54, 1.807) is 27.7 Å². The van der Waals surface area contributed by atoms with Gasteiger partial charge in [0, 0.05) is 0 Å². The zero-order valence-electron chi connectivity index (χ0n) is 8.72. The van der Waals surface area contributed by atoms with E-state index in [9.17, 15) is 5.11 Å². The maximum absolute atomic E-state index is 9.33. The Morgan fingerprint density at radius 1 is 1.15 bits per heavy atom. The van der Waals surface area contributed by atoms with E-state index < -0.39 is 11.2 Å². The van der Waals surface area contributed by atoms with Gasteiger partial charge >= 0.3 is 0 Å². The average molecular weight is 186 g/mol. The first kappa shape index (κ1) is 12.4. The lowest BCUT2D eigenvalue weighted by Crippen LogP contribution is -2.25. The second kappa shape index (κ2) is 4.61. The summed E-state index contributed by atoms with van der Waals surface area (Å²) in [6, 6.07) is 0. The van der Waals surface area contributed by atoms with Crippen LogP contribution in [0.15, 0.2) is 0 Å². The summed E-state index contributed by atoms with van der Waals surface area (Å²) in [6.45, 7) is 7.05. The number of rotatable bonds is 3. The van der Waals surface area contributed by atoms with Crippen LogP contribution in [0, 0.1) is 11.8 Å². The number of ether oxygens (including phenoxy) is 1. The van der Waals surface area contributed by atoms with E-state index >= 15 is 0 Å². The lowest BCUT2D eigenvalue weighted by molar-refractivity contribution is 0.00548. The van der Waals surface area contributed by atoms with Crippen molar-refractivity contribution in [3.63, 3.8) is 0 Å². The molecule has 0 spiro atoms. The Morgan fingerprint density at radius 2 is 1.69 bits per heavy atom. The van der Waals surface area contributed by atoms with E-state index in [0.29, 0.717) is 0 Å². The minimum Gasteiger partial charge on any atom is -0.394 e. The topological polar surface area (TPSA) is 49.7 Å². The van der Waals surface area contributed by atoms with Crippen molar-refractivity contribution in [3.8, 4) is 11.8 Å². The Morgan fingerprint density at radius 3 is 2.08 bits per heavy atom. The molecule has 0 saturated heterocycles. The van der Waals surface area contributed by atoms with E-state index in [0.717, 1.165) is 0 Å². The van der Waals surface area contributed by atoms with Crippen LogP contribution in [0.25, 0.3) is 0 Å². The quantitative estimate of drug-likeness (QED) is 0.633. The number of hydrogen-bond donors (Lipinski definition) is 2. The van der Waals surface area contributed by atoms with E-state index in [2.05, 4.69) is 11.8 Å².